The van der Waals surface area contributed by atoms with E-state index in [1.165, 1.54) is 5.56 Å². The molecule has 5 aromatic rings. The van der Waals surface area contributed by atoms with Crippen LogP contribution in [-0.4, -0.2) is 57.4 Å². The Morgan fingerprint density at radius 2 is 1.83 bits per heavy atom. The van der Waals surface area contributed by atoms with Crippen LogP contribution in [0.25, 0.3) is 33.3 Å². The van der Waals surface area contributed by atoms with Gasteiger partial charge in [0, 0.05) is 60.7 Å². The number of aromatic amines is 1. The maximum absolute atomic E-state index is 11.6. The first-order chi connectivity index (χ1) is 20.1. The summed E-state index contributed by atoms with van der Waals surface area (Å²) in [5.41, 5.74) is 6.15. The van der Waals surface area contributed by atoms with Crippen LogP contribution in [0.15, 0.2) is 79.4 Å². The van der Waals surface area contributed by atoms with Gasteiger partial charge in [0.15, 0.2) is 11.5 Å². The Morgan fingerprint density at radius 1 is 1.00 bits per heavy atom. The molecule has 2 aromatic carbocycles. The lowest BCUT2D eigenvalue weighted by Crippen LogP contribution is -2.37. The number of fused-ring (bicyclic) bond motifs is 1. The fourth-order valence-electron chi connectivity index (χ4n) is 5.60. The highest BCUT2D eigenvalue weighted by atomic mass is 16.5. The van der Waals surface area contributed by atoms with Gasteiger partial charge in [-0.3, -0.25) is 9.48 Å². The molecule has 41 heavy (non-hydrogen) atoms. The molecule has 0 radical (unpaired) electrons. The highest BCUT2D eigenvalue weighted by Gasteiger charge is 2.21. The number of amides is 1. The quantitative estimate of drug-likeness (QED) is 0.237. The SMILES string of the molecule is COc1cc(-c2cnc3[nH]cc(-c4cnn(Cc5ccccc5)c4)c3c2)ccc1OCCC1CCN(C(C)=O)CC1. The Kier molecular flexibility index (Phi) is 7.71. The summed E-state index contributed by atoms with van der Waals surface area (Å²) in [5, 5.41) is 5.63. The van der Waals surface area contributed by atoms with E-state index in [1.54, 1.807) is 14.0 Å². The van der Waals surface area contributed by atoms with Crippen molar-refractivity contribution in [3.05, 3.63) is 84.9 Å². The van der Waals surface area contributed by atoms with E-state index in [9.17, 15) is 4.79 Å². The largest absolute Gasteiger partial charge is 0.493 e. The van der Waals surface area contributed by atoms with Crippen molar-refractivity contribution in [1.29, 1.82) is 0 Å². The molecule has 1 aliphatic heterocycles. The number of nitrogens with one attached hydrogen (secondary N) is 1. The second-order valence-corrected chi connectivity index (χ2v) is 10.7. The number of rotatable bonds is 9. The molecule has 1 saturated heterocycles. The van der Waals surface area contributed by atoms with Crippen LogP contribution in [0.5, 0.6) is 11.5 Å². The number of carbonyl (C=O) groups is 1. The molecule has 0 spiro atoms. The van der Waals surface area contributed by atoms with Crippen LogP contribution in [0.4, 0.5) is 0 Å². The zero-order valence-electron chi connectivity index (χ0n) is 23.5. The first kappa shape index (κ1) is 26.6. The highest BCUT2D eigenvalue weighted by Crippen LogP contribution is 2.35. The number of benzene rings is 2. The van der Waals surface area contributed by atoms with E-state index in [0.717, 1.165) is 77.9 Å². The van der Waals surface area contributed by atoms with E-state index in [4.69, 9.17) is 14.5 Å². The van der Waals surface area contributed by atoms with E-state index in [2.05, 4.69) is 40.5 Å². The van der Waals surface area contributed by atoms with Crippen molar-refractivity contribution in [3.63, 3.8) is 0 Å². The van der Waals surface area contributed by atoms with Gasteiger partial charge in [0.25, 0.3) is 0 Å². The topological polar surface area (TPSA) is 85.3 Å². The molecule has 3 aromatic heterocycles. The number of H-pyrrole nitrogens is 1. The van der Waals surface area contributed by atoms with Crippen LogP contribution in [0.1, 0.15) is 31.7 Å². The molecule has 0 aliphatic carbocycles. The second-order valence-electron chi connectivity index (χ2n) is 10.7. The van der Waals surface area contributed by atoms with Crippen LogP contribution < -0.4 is 9.47 Å². The van der Waals surface area contributed by atoms with Gasteiger partial charge in [0.05, 0.1) is 26.5 Å². The summed E-state index contributed by atoms with van der Waals surface area (Å²) in [6, 6.07) is 18.5. The van der Waals surface area contributed by atoms with Gasteiger partial charge < -0.3 is 19.4 Å². The Morgan fingerprint density at radius 3 is 2.61 bits per heavy atom. The maximum atomic E-state index is 11.6. The molecule has 0 unspecified atom stereocenters. The summed E-state index contributed by atoms with van der Waals surface area (Å²) >= 11 is 0. The molecular weight excluding hydrogens is 514 g/mol. The van der Waals surface area contributed by atoms with Gasteiger partial charge in [0.2, 0.25) is 5.91 Å². The molecule has 1 N–H and O–H groups in total. The molecule has 0 bridgehead atoms. The summed E-state index contributed by atoms with van der Waals surface area (Å²) in [7, 11) is 1.67. The average molecular weight is 550 g/mol. The van der Waals surface area contributed by atoms with Gasteiger partial charge in [-0.05, 0) is 54.5 Å². The Hall–Kier alpha value is -4.59. The minimum Gasteiger partial charge on any atom is -0.493 e. The lowest BCUT2D eigenvalue weighted by molar-refractivity contribution is -0.130. The third-order valence-corrected chi connectivity index (χ3v) is 8.00. The molecule has 0 atom stereocenters. The van der Waals surface area contributed by atoms with Crippen molar-refractivity contribution in [1.82, 2.24) is 24.6 Å². The van der Waals surface area contributed by atoms with Crippen LogP contribution in [-0.2, 0) is 11.3 Å². The molecule has 210 valence electrons. The third-order valence-electron chi connectivity index (χ3n) is 8.00. The molecule has 1 aliphatic rings. The molecule has 1 fully saturated rings. The number of likely N-dealkylation sites (tertiary alicyclic amines) is 1. The number of hydrogen-bond donors (Lipinski definition) is 1. The van der Waals surface area contributed by atoms with Gasteiger partial charge in [-0.15, -0.1) is 0 Å². The zero-order valence-corrected chi connectivity index (χ0v) is 23.5. The number of nitrogens with zero attached hydrogens (tertiary/aromatic N) is 4. The molecule has 8 heteroatoms. The van der Waals surface area contributed by atoms with E-state index in [1.807, 2.05) is 58.5 Å². The molecule has 6 rings (SSSR count). The second kappa shape index (κ2) is 11.9. The number of carbonyl (C=O) groups excluding carboxylic acids is 1. The van der Waals surface area contributed by atoms with Crippen molar-refractivity contribution >= 4 is 16.9 Å². The first-order valence-electron chi connectivity index (χ1n) is 14.2. The molecular formula is C33H35N5O3. The number of pyridine rings is 1. The summed E-state index contributed by atoms with van der Waals surface area (Å²) in [6.45, 7) is 4.68. The number of hydrogen-bond acceptors (Lipinski definition) is 5. The Bertz CT molecular complexity index is 1630. The molecule has 0 saturated carbocycles. The van der Waals surface area contributed by atoms with Crippen molar-refractivity contribution in [2.45, 2.75) is 32.7 Å². The number of ether oxygens (including phenoxy) is 2. The van der Waals surface area contributed by atoms with Crippen LogP contribution in [0.3, 0.4) is 0 Å². The normalized spacial score (nSPS) is 14.0. The van der Waals surface area contributed by atoms with Gasteiger partial charge in [-0.2, -0.15) is 5.10 Å². The van der Waals surface area contributed by atoms with Crippen molar-refractivity contribution < 1.29 is 14.3 Å². The maximum Gasteiger partial charge on any atom is 0.219 e. The van der Waals surface area contributed by atoms with Gasteiger partial charge >= 0.3 is 0 Å². The minimum absolute atomic E-state index is 0.168. The van der Waals surface area contributed by atoms with Crippen molar-refractivity contribution in [2.24, 2.45) is 5.92 Å². The smallest absolute Gasteiger partial charge is 0.219 e. The number of aromatic nitrogens is 4. The van der Waals surface area contributed by atoms with Gasteiger partial charge in [0.1, 0.15) is 5.65 Å². The van der Waals surface area contributed by atoms with Gasteiger partial charge in [-0.25, -0.2) is 4.98 Å². The van der Waals surface area contributed by atoms with Gasteiger partial charge in [-0.1, -0.05) is 36.4 Å². The Labute approximate surface area is 239 Å². The van der Waals surface area contributed by atoms with Crippen molar-refractivity contribution in [3.8, 4) is 33.8 Å². The standard InChI is InChI=1S/C33H35N5O3/c1-23(39)37-13-10-24(11-14-37)12-15-41-31-9-8-26(17-32(31)40-2)27-16-29-30(20-35-33(29)34-18-27)28-19-36-38(22-28)21-25-6-4-3-5-7-25/h3-9,16-20,22,24H,10-15,21H2,1-2H3,(H,34,35). The van der Waals surface area contributed by atoms with Crippen LogP contribution in [0.2, 0.25) is 0 Å². The number of piperidine rings is 1. The molecule has 8 nitrogen and oxygen atoms in total. The minimum atomic E-state index is 0.168. The zero-order chi connectivity index (χ0) is 28.2. The molecule has 1 amide bonds. The van der Waals surface area contributed by atoms with E-state index in [-0.39, 0.29) is 5.91 Å². The van der Waals surface area contributed by atoms with Crippen LogP contribution >= 0.6 is 0 Å². The summed E-state index contributed by atoms with van der Waals surface area (Å²) < 4.78 is 13.8. The summed E-state index contributed by atoms with van der Waals surface area (Å²) in [5.74, 6) is 2.18. The Balaban J connectivity index is 1.15. The lowest BCUT2D eigenvalue weighted by Gasteiger charge is -2.31. The average Bonchev–Trinajstić information content (AvgIpc) is 3.64. The number of methoxy groups -OCH3 is 1. The fourth-order valence-corrected chi connectivity index (χ4v) is 5.60. The fraction of sp³-hybridized carbons (Fsp3) is 0.303. The van der Waals surface area contributed by atoms with Crippen molar-refractivity contribution in [2.75, 3.05) is 26.8 Å². The predicted molar refractivity (Wildman–Crippen MR) is 160 cm³/mol. The van der Waals surface area contributed by atoms with Crippen LogP contribution in [0, 0.1) is 5.92 Å². The molecule has 4 heterocycles. The predicted octanol–water partition coefficient (Wildman–Crippen LogP) is 6.18. The van der Waals surface area contributed by atoms with E-state index >= 15 is 0 Å². The lowest BCUT2D eigenvalue weighted by atomic mass is 9.94. The summed E-state index contributed by atoms with van der Waals surface area (Å²) in [4.78, 5) is 21.5. The third kappa shape index (κ3) is 5.96. The van der Waals surface area contributed by atoms with E-state index < -0.39 is 0 Å². The van der Waals surface area contributed by atoms with E-state index in [0.29, 0.717) is 18.3 Å². The first-order valence-corrected chi connectivity index (χ1v) is 14.2. The highest BCUT2D eigenvalue weighted by molar-refractivity contribution is 5.95. The summed E-state index contributed by atoms with van der Waals surface area (Å²) in [6.07, 6.45) is 10.9. The monoisotopic (exact) mass is 549 g/mol.